The van der Waals surface area contributed by atoms with Crippen LogP contribution in [0.15, 0.2) is 35.1 Å². The molecule has 23 heavy (non-hydrogen) atoms. The van der Waals surface area contributed by atoms with Crippen LogP contribution in [0, 0.1) is 12.3 Å². The van der Waals surface area contributed by atoms with E-state index in [-0.39, 0.29) is 11.0 Å². The largest absolute Gasteiger partial charge is 0.270 e. The molecule has 3 heteroatoms. The van der Waals surface area contributed by atoms with E-state index in [4.69, 9.17) is 0 Å². The molecule has 122 valence electrons. The van der Waals surface area contributed by atoms with E-state index in [1.165, 1.54) is 38.5 Å². The lowest BCUT2D eigenvalue weighted by Gasteiger charge is -2.52. The molecule has 3 nitrogen and oxygen atoms in total. The van der Waals surface area contributed by atoms with Gasteiger partial charge < -0.3 is 0 Å². The topological polar surface area (TPSA) is 26.9 Å². The van der Waals surface area contributed by atoms with Gasteiger partial charge in [-0.05, 0) is 63.0 Å². The average molecular weight is 310 g/mol. The van der Waals surface area contributed by atoms with E-state index < -0.39 is 0 Å². The van der Waals surface area contributed by atoms with Gasteiger partial charge in [-0.1, -0.05) is 25.1 Å². The van der Waals surface area contributed by atoms with Gasteiger partial charge in [-0.2, -0.15) is 0 Å². The Hall–Kier alpha value is -1.77. The van der Waals surface area contributed by atoms with Crippen LogP contribution in [0.25, 0.3) is 5.69 Å². The van der Waals surface area contributed by atoms with Crippen LogP contribution < -0.4 is 5.56 Å². The summed E-state index contributed by atoms with van der Waals surface area (Å²) < 4.78 is 3.89. The van der Waals surface area contributed by atoms with E-state index in [2.05, 4.69) is 30.7 Å². The minimum absolute atomic E-state index is 0.122. The van der Waals surface area contributed by atoms with Crippen molar-refractivity contribution in [1.29, 1.82) is 0 Å². The summed E-state index contributed by atoms with van der Waals surface area (Å²) >= 11 is 0. The highest BCUT2D eigenvalue weighted by atomic mass is 16.1. The Labute approximate surface area is 137 Å². The maximum atomic E-state index is 13.1. The van der Waals surface area contributed by atoms with Gasteiger partial charge in [0.2, 0.25) is 0 Å². The zero-order valence-electron chi connectivity index (χ0n) is 14.4. The van der Waals surface area contributed by atoms with Gasteiger partial charge in [0.1, 0.15) is 0 Å². The van der Waals surface area contributed by atoms with E-state index in [9.17, 15) is 4.79 Å². The van der Waals surface area contributed by atoms with Gasteiger partial charge in [-0.3, -0.25) is 9.48 Å². The van der Waals surface area contributed by atoms with E-state index >= 15 is 0 Å². The van der Waals surface area contributed by atoms with E-state index in [1.54, 1.807) is 4.68 Å². The molecule has 3 saturated carbocycles. The average Bonchev–Trinajstić information content (AvgIpc) is 2.80. The van der Waals surface area contributed by atoms with Crippen LogP contribution in [-0.2, 0) is 12.5 Å². The summed E-state index contributed by atoms with van der Waals surface area (Å²) in [4.78, 5) is 13.1. The number of hydrogen-bond donors (Lipinski definition) is 0. The molecule has 0 spiro atoms. The predicted molar refractivity (Wildman–Crippen MR) is 93.2 cm³/mol. The fourth-order valence-electron chi connectivity index (χ4n) is 5.03. The molecular formula is C20H26N2O. The molecule has 0 aliphatic heterocycles. The highest BCUT2D eigenvalue weighted by Crippen LogP contribution is 2.57. The van der Waals surface area contributed by atoms with Crippen LogP contribution in [0.3, 0.4) is 0 Å². The van der Waals surface area contributed by atoms with Gasteiger partial charge >= 0.3 is 0 Å². The molecule has 5 rings (SSSR count). The predicted octanol–water partition coefficient (Wildman–Crippen LogP) is 4.10. The Kier molecular flexibility index (Phi) is 3.13. The summed E-state index contributed by atoms with van der Waals surface area (Å²) in [5, 5.41) is 0. The van der Waals surface area contributed by atoms with Crippen LogP contribution in [0.5, 0.6) is 0 Å². The maximum Gasteiger partial charge on any atom is 0.270 e. The van der Waals surface area contributed by atoms with Crippen molar-refractivity contribution in [2.24, 2.45) is 12.5 Å². The SMILES string of the molecule is Cc1c(C23CCC(C)(CC2)CC3)c(=O)n(C)n1-c1ccccc1. The summed E-state index contributed by atoms with van der Waals surface area (Å²) in [6.07, 6.45) is 7.35. The summed E-state index contributed by atoms with van der Waals surface area (Å²) in [5.41, 5.74) is 4.15. The summed E-state index contributed by atoms with van der Waals surface area (Å²) in [6, 6.07) is 10.2. The molecule has 0 unspecified atom stereocenters. The zero-order valence-corrected chi connectivity index (χ0v) is 14.4. The van der Waals surface area contributed by atoms with Gasteiger partial charge in [0.05, 0.1) is 5.69 Å². The van der Waals surface area contributed by atoms with Crippen LogP contribution in [0.4, 0.5) is 0 Å². The molecule has 3 aliphatic carbocycles. The molecule has 1 aromatic carbocycles. The Morgan fingerprint density at radius 1 is 0.957 bits per heavy atom. The Bertz CT molecular complexity index is 773. The van der Waals surface area contributed by atoms with Crippen molar-refractivity contribution in [2.75, 3.05) is 0 Å². The van der Waals surface area contributed by atoms with Crippen molar-refractivity contribution >= 4 is 0 Å². The first-order chi connectivity index (χ1) is 11.0. The van der Waals surface area contributed by atoms with Gasteiger partial charge in [-0.15, -0.1) is 0 Å². The smallest absolute Gasteiger partial charge is 0.267 e. The number of fused-ring (bicyclic) bond motifs is 3. The normalized spacial score (nSPS) is 29.9. The maximum absolute atomic E-state index is 13.1. The van der Waals surface area contributed by atoms with Gasteiger partial charge in [-0.25, -0.2) is 4.68 Å². The third kappa shape index (κ3) is 2.05. The molecule has 0 saturated heterocycles. The molecule has 3 fully saturated rings. The molecule has 0 radical (unpaired) electrons. The first kappa shape index (κ1) is 14.8. The second-order valence-corrected chi connectivity index (χ2v) is 8.03. The van der Waals surface area contributed by atoms with Crippen molar-refractivity contribution in [3.63, 3.8) is 0 Å². The number of benzene rings is 1. The monoisotopic (exact) mass is 310 g/mol. The molecule has 2 bridgehead atoms. The summed E-state index contributed by atoms with van der Waals surface area (Å²) in [5.74, 6) is 0. The van der Waals surface area contributed by atoms with Crippen LogP contribution in [-0.4, -0.2) is 9.36 Å². The molecule has 3 aliphatic rings. The van der Waals surface area contributed by atoms with E-state index in [1.807, 2.05) is 25.2 Å². The van der Waals surface area contributed by atoms with Crippen molar-refractivity contribution < 1.29 is 0 Å². The molecule has 0 N–H and O–H groups in total. The highest BCUT2D eigenvalue weighted by molar-refractivity contribution is 5.38. The number of para-hydroxylation sites is 1. The molecule has 1 heterocycles. The van der Waals surface area contributed by atoms with E-state index in [0.717, 1.165) is 16.9 Å². The number of aromatic nitrogens is 2. The van der Waals surface area contributed by atoms with Crippen LogP contribution in [0.1, 0.15) is 56.7 Å². The third-order valence-corrected chi connectivity index (χ3v) is 6.64. The Morgan fingerprint density at radius 2 is 1.52 bits per heavy atom. The number of rotatable bonds is 2. The molecule has 0 amide bonds. The van der Waals surface area contributed by atoms with Crippen molar-refractivity contribution in [1.82, 2.24) is 9.36 Å². The standard InChI is InChI=1S/C20H26N2O/c1-15-17(20-12-9-19(2,10-13-20)11-14-20)18(23)21(3)22(15)16-7-5-4-6-8-16/h4-8H,9-14H2,1-3H3. The fraction of sp³-hybridized carbons (Fsp3) is 0.550. The molecular weight excluding hydrogens is 284 g/mol. The quantitative estimate of drug-likeness (QED) is 0.820. The summed E-state index contributed by atoms with van der Waals surface area (Å²) in [6.45, 7) is 4.55. The van der Waals surface area contributed by atoms with Crippen molar-refractivity contribution in [3.05, 3.63) is 51.9 Å². The van der Waals surface area contributed by atoms with Crippen LogP contribution >= 0.6 is 0 Å². The van der Waals surface area contributed by atoms with Gasteiger partial charge in [0.25, 0.3) is 5.56 Å². The lowest BCUT2D eigenvalue weighted by atomic mass is 9.52. The van der Waals surface area contributed by atoms with Crippen molar-refractivity contribution in [3.8, 4) is 5.69 Å². The summed E-state index contributed by atoms with van der Waals surface area (Å²) in [7, 11) is 1.90. The van der Waals surface area contributed by atoms with Gasteiger partial charge in [0, 0.05) is 23.7 Å². The Morgan fingerprint density at radius 3 is 2.09 bits per heavy atom. The second-order valence-electron chi connectivity index (χ2n) is 8.03. The third-order valence-electron chi connectivity index (χ3n) is 6.64. The lowest BCUT2D eigenvalue weighted by Crippen LogP contribution is -2.45. The van der Waals surface area contributed by atoms with Crippen LogP contribution in [0.2, 0.25) is 0 Å². The first-order valence-corrected chi connectivity index (χ1v) is 8.80. The molecule has 1 aromatic heterocycles. The number of nitrogens with zero attached hydrogens (tertiary/aromatic N) is 2. The first-order valence-electron chi connectivity index (χ1n) is 8.80. The van der Waals surface area contributed by atoms with Crippen molar-refractivity contribution in [2.45, 2.75) is 57.8 Å². The molecule has 2 aromatic rings. The second kappa shape index (κ2) is 4.86. The fourth-order valence-corrected chi connectivity index (χ4v) is 5.03. The minimum atomic E-state index is 0.122. The highest BCUT2D eigenvalue weighted by Gasteiger charge is 2.49. The van der Waals surface area contributed by atoms with Gasteiger partial charge in [0.15, 0.2) is 0 Å². The lowest BCUT2D eigenvalue weighted by molar-refractivity contribution is 0.0546. The van der Waals surface area contributed by atoms with E-state index in [0.29, 0.717) is 5.41 Å². The minimum Gasteiger partial charge on any atom is -0.267 e. The number of hydrogen-bond acceptors (Lipinski definition) is 1. The zero-order chi connectivity index (χ0) is 16.2. The Balaban J connectivity index is 1.87. The molecule has 0 atom stereocenters.